The average Bonchev–Trinajstić information content (AvgIpc) is 2.94. The van der Waals surface area contributed by atoms with E-state index in [2.05, 4.69) is 11.9 Å². The number of hydrogen-bond acceptors (Lipinski definition) is 3. The standard InChI is InChI=1S/C21H18F3N3O2S/c1-4-9-26-19(29)15(18(28)25-20(26)30)11-14-10-12(2)27(13(14)3)17-8-6-5-7-16(17)21(22,23)24/h4-8,10-11H,1,9H2,2-3H3,(H,25,28,30)/b15-11-. The molecule has 0 unspecified atom stereocenters. The van der Waals surface area contributed by atoms with Gasteiger partial charge in [-0.1, -0.05) is 18.2 Å². The molecule has 1 fully saturated rings. The van der Waals surface area contributed by atoms with Crippen LogP contribution in [-0.2, 0) is 15.8 Å². The Kier molecular flexibility index (Phi) is 5.67. The maximum absolute atomic E-state index is 13.5. The summed E-state index contributed by atoms with van der Waals surface area (Å²) in [5, 5.41) is 2.42. The van der Waals surface area contributed by atoms with Crippen molar-refractivity contribution in [2.45, 2.75) is 20.0 Å². The summed E-state index contributed by atoms with van der Waals surface area (Å²) in [5.41, 5.74) is 0.474. The van der Waals surface area contributed by atoms with Crippen molar-refractivity contribution in [1.82, 2.24) is 14.8 Å². The molecule has 0 aliphatic carbocycles. The number of nitrogens with one attached hydrogen (secondary N) is 1. The summed E-state index contributed by atoms with van der Waals surface area (Å²) in [6.45, 7) is 6.97. The van der Waals surface area contributed by atoms with Gasteiger partial charge in [-0.15, -0.1) is 6.58 Å². The molecule has 30 heavy (non-hydrogen) atoms. The van der Waals surface area contributed by atoms with Gasteiger partial charge in [0.15, 0.2) is 5.11 Å². The van der Waals surface area contributed by atoms with E-state index in [9.17, 15) is 22.8 Å². The average molecular weight is 433 g/mol. The van der Waals surface area contributed by atoms with E-state index in [1.807, 2.05) is 0 Å². The highest BCUT2D eigenvalue weighted by Crippen LogP contribution is 2.35. The van der Waals surface area contributed by atoms with E-state index in [1.54, 1.807) is 19.9 Å². The first-order valence-corrected chi connectivity index (χ1v) is 9.32. The molecule has 0 radical (unpaired) electrons. The molecule has 1 aromatic carbocycles. The number of carbonyl (C=O) groups is 2. The molecule has 0 saturated carbocycles. The molecule has 1 aliphatic rings. The number of halogens is 3. The fraction of sp³-hybridized carbons (Fsp3) is 0.190. The normalized spacial score (nSPS) is 16.2. The second-order valence-corrected chi connectivity index (χ2v) is 7.09. The molecule has 0 bridgehead atoms. The van der Waals surface area contributed by atoms with E-state index in [-0.39, 0.29) is 22.9 Å². The smallest absolute Gasteiger partial charge is 0.317 e. The van der Waals surface area contributed by atoms with E-state index in [1.165, 1.54) is 39.8 Å². The van der Waals surface area contributed by atoms with Crippen LogP contribution < -0.4 is 5.32 Å². The van der Waals surface area contributed by atoms with Crippen molar-refractivity contribution in [3.05, 3.63) is 71.1 Å². The van der Waals surface area contributed by atoms with Crippen molar-refractivity contribution >= 4 is 35.2 Å². The Morgan fingerprint density at radius 1 is 1.20 bits per heavy atom. The van der Waals surface area contributed by atoms with Gasteiger partial charge in [0.25, 0.3) is 11.8 Å². The number of hydrogen-bond donors (Lipinski definition) is 1. The van der Waals surface area contributed by atoms with Crippen molar-refractivity contribution in [3.8, 4) is 5.69 Å². The zero-order chi connectivity index (χ0) is 22.2. The largest absolute Gasteiger partial charge is 0.418 e. The fourth-order valence-corrected chi connectivity index (χ4v) is 3.61. The number of para-hydroxylation sites is 1. The first-order valence-electron chi connectivity index (χ1n) is 8.91. The first kappa shape index (κ1) is 21.5. The molecule has 0 spiro atoms. The van der Waals surface area contributed by atoms with Crippen LogP contribution in [0.1, 0.15) is 22.5 Å². The van der Waals surface area contributed by atoms with Crippen LogP contribution in [0.15, 0.2) is 48.6 Å². The number of alkyl halides is 3. The zero-order valence-electron chi connectivity index (χ0n) is 16.2. The molecule has 1 saturated heterocycles. The third-order valence-electron chi connectivity index (χ3n) is 4.72. The first-order chi connectivity index (χ1) is 14.1. The highest BCUT2D eigenvalue weighted by atomic mass is 32.1. The van der Waals surface area contributed by atoms with Gasteiger partial charge in [0.1, 0.15) is 5.57 Å². The molecule has 9 heteroatoms. The number of aromatic nitrogens is 1. The lowest BCUT2D eigenvalue weighted by atomic mass is 10.1. The summed E-state index contributed by atoms with van der Waals surface area (Å²) in [6.07, 6.45) is -1.69. The van der Waals surface area contributed by atoms with E-state index >= 15 is 0 Å². The van der Waals surface area contributed by atoms with Crippen molar-refractivity contribution in [3.63, 3.8) is 0 Å². The van der Waals surface area contributed by atoms with Crippen LogP contribution in [0.5, 0.6) is 0 Å². The Morgan fingerprint density at radius 3 is 2.50 bits per heavy atom. The van der Waals surface area contributed by atoms with Gasteiger partial charge >= 0.3 is 6.18 Å². The molecule has 156 valence electrons. The monoisotopic (exact) mass is 433 g/mol. The summed E-state index contributed by atoms with van der Waals surface area (Å²) in [6, 6.07) is 6.86. The van der Waals surface area contributed by atoms with Gasteiger partial charge in [0.05, 0.1) is 11.3 Å². The third kappa shape index (κ3) is 3.80. The lowest BCUT2D eigenvalue weighted by Crippen LogP contribution is -2.53. The quantitative estimate of drug-likeness (QED) is 0.344. The van der Waals surface area contributed by atoms with Crippen LogP contribution in [0.3, 0.4) is 0 Å². The Labute approximate surface area is 176 Å². The Balaban J connectivity index is 2.12. The van der Waals surface area contributed by atoms with Gasteiger partial charge < -0.3 is 4.57 Å². The minimum Gasteiger partial charge on any atom is -0.317 e. The topological polar surface area (TPSA) is 54.3 Å². The van der Waals surface area contributed by atoms with Crippen molar-refractivity contribution < 1.29 is 22.8 Å². The Morgan fingerprint density at radius 2 is 1.87 bits per heavy atom. The number of amides is 2. The van der Waals surface area contributed by atoms with Crippen LogP contribution in [0.4, 0.5) is 13.2 Å². The molecule has 3 rings (SSSR count). The van der Waals surface area contributed by atoms with E-state index in [0.717, 1.165) is 6.07 Å². The second kappa shape index (κ2) is 7.91. The van der Waals surface area contributed by atoms with Gasteiger partial charge in [-0.2, -0.15) is 13.2 Å². The lowest BCUT2D eigenvalue weighted by molar-refractivity contribution is -0.137. The highest BCUT2D eigenvalue weighted by Gasteiger charge is 2.35. The van der Waals surface area contributed by atoms with Gasteiger partial charge in [-0.25, -0.2) is 0 Å². The number of benzene rings is 1. The van der Waals surface area contributed by atoms with Crippen LogP contribution >= 0.6 is 12.2 Å². The molecule has 0 atom stereocenters. The minimum absolute atomic E-state index is 0.0216. The molecule has 2 amide bonds. The zero-order valence-corrected chi connectivity index (χ0v) is 17.0. The summed E-state index contributed by atoms with van der Waals surface area (Å²) < 4.78 is 41.9. The molecule has 1 aromatic heterocycles. The summed E-state index contributed by atoms with van der Waals surface area (Å²) >= 11 is 5.02. The number of carbonyl (C=O) groups excluding carboxylic acids is 2. The van der Waals surface area contributed by atoms with Crippen LogP contribution in [0, 0.1) is 13.8 Å². The number of nitrogens with zero attached hydrogens (tertiary/aromatic N) is 2. The molecule has 1 N–H and O–H groups in total. The summed E-state index contributed by atoms with van der Waals surface area (Å²) in [4.78, 5) is 26.2. The Hall–Kier alpha value is -3.20. The summed E-state index contributed by atoms with van der Waals surface area (Å²) in [7, 11) is 0. The van der Waals surface area contributed by atoms with Crippen molar-refractivity contribution in [2.24, 2.45) is 0 Å². The SMILES string of the molecule is C=CCN1C(=O)/C(=C\c2cc(C)n(-c3ccccc3C(F)(F)F)c2C)C(=O)NC1=S. The molecular formula is C21H18F3N3O2S. The van der Waals surface area contributed by atoms with E-state index in [4.69, 9.17) is 12.2 Å². The molecular weight excluding hydrogens is 415 g/mol. The molecule has 2 heterocycles. The minimum atomic E-state index is -4.53. The third-order valence-corrected chi connectivity index (χ3v) is 5.04. The predicted octanol–water partition coefficient (Wildman–Crippen LogP) is 3.93. The van der Waals surface area contributed by atoms with Crippen LogP contribution in [-0.4, -0.2) is 32.9 Å². The van der Waals surface area contributed by atoms with E-state index in [0.29, 0.717) is 17.0 Å². The maximum Gasteiger partial charge on any atom is 0.418 e. The van der Waals surface area contributed by atoms with E-state index < -0.39 is 23.6 Å². The Bertz CT molecular complexity index is 1100. The van der Waals surface area contributed by atoms with Crippen molar-refractivity contribution in [2.75, 3.05) is 6.54 Å². The second-order valence-electron chi connectivity index (χ2n) is 6.70. The predicted molar refractivity (Wildman–Crippen MR) is 111 cm³/mol. The summed E-state index contributed by atoms with van der Waals surface area (Å²) in [5.74, 6) is -1.25. The van der Waals surface area contributed by atoms with Crippen molar-refractivity contribution in [1.29, 1.82) is 0 Å². The lowest BCUT2D eigenvalue weighted by Gasteiger charge is -2.27. The molecule has 1 aliphatic heterocycles. The van der Waals surface area contributed by atoms with Crippen LogP contribution in [0.25, 0.3) is 11.8 Å². The number of aryl methyl sites for hydroxylation is 1. The number of rotatable bonds is 4. The highest BCUT2D eigenvalue weighted by molar-refractivity contribution is 7.80. The molecule has 2 aromatic rings. The number of thiocarbonyl (C=S) groups is 1. The van der Waals surface area contributed by atoms with Gasteiger partial charge in [0, 0.05) is 17.9 Å². The fourth-order valence-electron chi connectivity index (χ4n) is 3.36. The van der Waals surface area contributed by atoms with Gasteiger partial charge in [-0.05, 0) is 55.9 Å². The molecule has 5 nitrogen and oxygen atoms in total. The maximum atomic E-state index is 13.5. The van der Waals surface area contributed by atoms with Crippen LogP contribution in [0.2, 0.25) is 0 Å². The van der Waals surface area contributed by atoms with Gasteiger partial charge in [-0.3, -0.25) is 19.8 Å². The van der Waals surface area contributed by atoms with Gasteiger partial charge in [0.2, 0.25) is 0 Å².